The summed E-state index contributed by atoms with van der Waals surface area (Å²) < 4.78 is 34.6. The second kappa shape index (κ2) is 3.06. The molecule has 0 amide bonds. The highest BCUT2D eigenvalue weighted by atomic mass is 32.2. The maximum Gasteiger partial charge on any atom is 0.268 e. The molecule has 0 saturated heterocycles. The number of methoxy groups -OCH3 is 1. The van der Waals surface area contributed by atoms with Gasteiger partial charge >= 0.3 is 0 Å². The Hall–Kier alpha value is -1.43. The van der Waals surface area contributed by atoms with Gasteiger partial charge in [-0.3, -0.25) is 4.72 Å². The fraction of sp³-hybridized carbons (Fsp3) is 0.250. The lowest BCUT2D eigenvalue weighted by atomic mass is 10.3. The van der Waals surface area contributed by atoms with E-state index in [4.69, 9.17) is 9.47 Å². The van der Waals surface area contributed by atoms with E-state index in [0.717, 1.165) is 0 Å². The van der Waals surface area contributed by atoms with Crippen LogP contribution >= 0.6 is 0 Å². The topological polar surface area (TPSA) is 64.6 Å². The normalized spacial score (nSPS) is 17.5. The highest BCUT2D eigenvalue weighted by Gasteiger charge is 2.21. The van der Waals surface area contributed by atoms with Crippen molar-refractivity contribution < 1.29 is 17.9 Å². The average molecular weight is 215 g/mol. The minimum absolute atomic E-state index is 0.354. The van der Waals surface area contributed by atoms with E-state index in [1.807, 2.05) is 0 Å². The SMILES string of the molecule is COc1ccc2c(c1)OCS(=O)(=O)N2. The van der Waals surface area contributed by atoms with Crippen LogP contribution in [0.2, 0.25) is 0 Å². The number of sulfonamides is 1. The molecular weight excluding hydrogens is 206 g/mol. The molecule has 1 aromatic rings. The monoisotopic (exact) mass is 215 g/mol. The minimum atomic E-state index is -3.33. The lowest BCUT2D eigenvalue weighted by molar-refractivity contribution is 0.367. The lowest BCUT2D eigenvalue weighted by Crippen LogP contribution is -2.25. The van der Waals surface area contributed by atoms with Crippen LogP contribution in [0.3, 0.4) is 0 Å². The van der Waals surface area contributed by atoms with Gasteiger partial charge in [-0.1, -0.05) is 0 Å². The van der Waals surface area contributed by atoms with E-state index in [9.17, 15) is 8.42 Å². The number of nitrogens with one attached hydrogen (secondary N) is 1. The molecule has 1 heterocycles. The van der Waals surface area contributed by atoms with Gasteiger partial charge in [0.1, 0.15) is 11.5 Å². The van der Waals surface area contributed by atoms with Gasteiger partial charge in [-0.15, -0.1) is 0 Å². The molecule has 0 saturated carbocycles. The fourth-order valence-electron chi connectivity index (χ4n) is 1.17. The molecule has 1 N–H and O–H groups in total. The summed E-state index contributed by atoms with van der Waals surface area (Å²) in [6.45, 7) is 0. The molecule has 14 heavy (non-hydrogen) atoms. The summed E-state index contributed by atoms with van der Waals surface area (Å²) in [5.74, 6) is 0.761. The Morgan fingerprint density at radius 3 is 3.00 bits per heavy atom. The summed E-state index contributed by atoms with van der Waals surface area (Å²) >= 11 is 0. The Labute approximate surface area is 81.7 Å². The summed E-state index contributed by atoms with van der Waals surface area (Å²) in [6.07, 6.45) is 0. The van der Waals surface area contributed by atoms with E-state index in [1.54, 1.807) is 18.2 Å². The van der Waals surface area contributed by atoms with E-state index in [0.29, 0.717) is 17.2 Å². The zero-order chi connectivity index (χ0) is 10.2. The number of fused-ring (bicyclic) bond motifs is 1. The molecule has 1 aliphatic rings. The van der Waals surface area contributed by atoms with Crippen LogP contribution in [-0.4, -0.2) is 21.5 Å². The van der Waals surface area contributed by atoms with Crippen molar-refractivity contribution in [3.05, 3.63) is 18.2 Å². The third kappa shape index (κ3) is 1.60. The molecule has 0 aromatic heterocycles. The summed E-state index contributed by atoms with van der Waals surface area (Å²) in [4.78, 5) is 0. The van der Waals surface area contributed by atoms with Crippen LogP contribution in [0.15, 0.2) is 18.2 Å². The van der Waals surface area contributed by atoms with Crippen molar-refractivity contribution in [3.63, 3.8) is 0 Å². The van der Waals surface area contributed by atoms with Crippen molar-refractivity contribution >= 4 is 15.7 Å². The van der Waals surface area contributed by atoms with Crippen LogP contribution in [0.5, 0.6) is 11.5 Å². The van der Waals surface area contributed by atoms with Crippen molar-refractivity contribution in [2.45, 2.75) is 0 Å². The number of ether oxygens (including phenoxy) is 2. The smallest absolute Gasteiger partial charge is 0.268 e. The minimum Gasteiger partial charge on any atom is -0.497 e. The fourth-order valence-corrected chi connectivity index (χ4v) is 2.02. The second-order valence-electron chi connectivity index (χ2n) is 2.84. The Morgan fingerprint density at radius 1 is 1.50 bits per heavy atom. The molecule has 0 atom stereocenters. The number of anilines is 1. The van der Waals surface area contributed by atoms with Gasteiger partial charge in [0, 0.05) is 6.07 Å². The molecular formula is C8H9NO4S. The molecule has 0 unspecified atom stereocenters. The predicted octanol–water partition coefficient (Wildman–Crippen LogP) is 0.787. The van der Waals surface area contributed by atoms with Crippen molar-refractivity contribution in [1.82, 2.24) is 0 Å². The van der Waals surface area contributed by atoms with E-state index < -0.39 is 10.0 Å². The van der Waals surface area contributed by atoms with E-state index >= 15 is 0 Å². The van der Waals surface area contributed by atoms with Crippen LogP contribution in [0.1, 0.15) is 0 Å². The first kappa shape index (κ1) is 9.14. The summed E-state index contributed by atoms with van der Waals surface area (Å²) in [5, 5.41) is 0. The third-order valence-corrected chi connectivity index (χ3v) is 2.78. The highest BCUT2D eigenvalue weighted by molar-refractivity contribution is 7.92. The van der Waals surface area contributed by atoms with E-state index in [1.165, 1.54) is 7.11 Å². The second-order valence-corrected chi connectivity index (χ2v) is 4.51. The summed E-state index contributed by atoms with van der Waals surface area (Å²) in [5.41, 5.74) is 0.442. The maximum absolute atomic E-state index is 11.1. The maximum atomic E-state index is 11.1. The standard InChI is InChI=1S/C8H9NO4S/c1-12-6-2-3-7-8(4-6)13-5-14(10,11)9-7/h2-4,9H,5H2,1H3. The molecule has 1 aromatic carbocycles. The average Bonchev–Trinajstić information content (AvgIpc) is 2.16. The van der Waals surface area contributed by atoms with Gasteiger partial charge in [0.25, 0.3) is 10.0 Å². The van der Waals surface area contributed by atoms with Gasteiger partial charge in [-0.2, -0.15) is 0 Å². The molecule has 0 spiro atoms. The predicted molar refractivity (Wildman–Crippen MR) is 51.0 cm³/mol. The van der Waals surface area contributed by atoms with Crippen molar-refractivity contribution in [3.8, 4) is 11.5 Å². The molecule has 2 rings (SSSR count). The largest absolute Gasteiger partial charge is 0.497 e. The van der Waals surface area contributed by atoms with Gasteiger partial charge in [-0.25, -0.2) is 8.42 Å². The van der Waals surface area contributed by atoms with Crippen molar-refractivity contribution in [2.75, 3.05) is 17.8 Å². The zero-order valence-corrected chi connectivity index (χ0v) is 8.30. The first-order chi connectivity index (χ1) is 6.61. The number of benzene rings is 1. The van der Waals surface area contributed by atoms with Crippen molar-refractivity contribution in [2.24, 2.45) is 0 Å². The van der Waals surface area contributed by atoms with Gasteiger partial charge in [-0.05, 0) is 12.1 Å². The molecule has 0 radical (unpaired) electrons. The van der Waals surface area contributed by atoms with Crippen LogP contribution in [0, 0.1) is 0 Å². The first-order valence-corrected chi connectivity index (χ1v) is 5.57. The van der Waals surface area contributed by atoms with Gasteiger partial charge in [0.15, 0.2) is 0 Å². The van der Waals surface area contributed by atoms with Gasteiger partial charge in [0.05, 0.1) is 12.8 Å². The highest BCUT2D eigenvalue weighted by Crippen LogP contribution is 2.32. The number of rotatable bonds is 1. The third-order valence-electron chi connectivity index (χ3n) is 1.82. The summed E-state index contributed by atoms with van der Waals surface area (Å²) in [6, 6.07) is 4.90. The number of hydrogen-bond acceptors (Lipinski definition) is 4. The Kier molecular flexibility index (Phi) is 1.99. The molecule has 6 heteroatoms. The Bertz CT molecular complexity index is 454. The molecule has 1 aliphatic heterocycles. The van der Waals surface area contributed by atoms with Crippen LogP contribution < -0.4 is 14.2 Å². The van der Waals surface area contributed by atoms with Crippen molar-refractivity contribution in [1.29, 1.82) is 0 Å². The van der Waals surface area contributed by atoms with E-state index in [-0.39, 0.29) is 5.94 Å². The van der Waals surface area contributed by atoms with Gasteiger partial charge < -0.3 is 9.47 Å². The van der Waals surface area contributed by atoms with Crippen LogP contribution in [-0.2, 0) is 10.0 Å². The molecule has 0 bridgehead atoms. The van der Waals surface area contributed by atoms with Gasteiger partial charge in [0.2, 0.25) is 5.94 Å². The molecule has 76 valence electrons. The lowest BCUT2D eigenvalue weighted by Gasteiger charge is -2.19. The molecule has 5 nitrogen and oxygen atoms in total. The molecule has 0 fully saturated rings. The number of hydrogen-bond donors (Lipinski definition) is 1. The quantitative estimate of drug-likeness (QED) is 0.752. The molecule has 0 aliphatic carbocycles. The van der Waals surface area contributed by atoms with E-state index in [2.05, 4.69) is 4.72 Å². The van der Waals surface area contributed by atoms with Crippen LogP contribution in [0.25, 0.3) is 0 Å². The Morgan fingerprint density at radius 2 is 2.29 bits per heavy atom. The van der Waals surface area contributed by atoms with Crippen LogP contribution in [0.4, 0.5) is 5.69 Å². The Balaban J connectivity index is 2.42. The zero-order valence-electron chi connectivity index (χ0n) is 7.48. The summed E-state index contributed by atoms with van der Waals surface area (Å²) in [7, 11) is -1.79. The first-order valence-electron chi connectivity index (χ1n) is 3.92.